The summed E-state index contributed by atoms with van der Waals surface area (Å²) in [5, 5.41) is 8.52. The van der Waals surface area contributed by atoms with Crippen LogP contribution in [0.1, 0.15) is 24.6 Å². The molecule has 0 radical (unpaired) electrons. The van der Waals surface area contributed by atoms with Crippen molar-refractivity contribution in [3.8, 4) is 0 Å². The molecule has 5 heteroatoms. The monoisotopic (exact) mass is 271 g/mol. The highest BCUT2D eigenvalue weighted by Crippen LogP contribution is 2.27. The number of aryl methyl sites for hydroxylation is 2. The molecule has 1 aromatic heterocycles. The van der Waals surface area contributed by atoms with Crippen LogP contribution >= 0.6 is 11.6 Å². The van der Waals surface area contributed by atoms with E-state index in [1.165, 1.54) is 0 Å². The Morgan fingerprint density at radius 2 is 2.33 bits per heavy atom. The Labute approximate surface area is 114 Å². The number of rotatable bonds is 4. The van der Waals surface area contributed by atoms with Crippen molar-refractivity contribution in [2.45, 2.75) is 38.8 Å². The molecular formula is C13H22ClN3O. The zero-order valence-corrected chi connectivity index (χ0v) is 12.3. The number of hydrogen-bond acceptors (Lipinski definition) is 3. The van der Waals surface area contributed by atoms with Crippen molar-refractivity contribution in [3.63, 3.8) is 0 Å². The SMILES string of the molecule is CNC(Cc1c(C)nn(C)c1Cl)C1COC(C)C1. The summed E-state index contributed by atoms with van der Waals surface area (Å²) < 4.78 is 7.40. The van der Waals surface area contributed by atoms with Gasteiger partial charge >= 0.3 is 0 Å². The number of nitrogens with one attached hydrogen (secondary N) is 1. The lowest BCUT2D eigenvalue weighted by atomic mass is 9.92. The fourth-order valence-electron chi connectivity index (χ4n) is 2.76. The number of ether oxygens (including phenoxy) is 1. The number of likely N-dealkylation sites (N-methyl/N-ethyl adjacent to an activating group) is 1. The van der Waals surface area contributed by atoms with Crippen molar-refractivity contribution in [2.75, 3.05) is 13.7 Å². The Hall–Kier alpha value is -0.580. The maximum atomic E-state index is 6.29. The van der Waals surface area contributed by atoms with Gasteiger partial charge in [-0.3, -0.25) is 4.68 Å². The maximum Gasteiger partial charge on any atom is 0.130 e. The highest BCUT2D eigenvalue weighted by atomic mass is 35.5. The van der Waals surface area contributed by atoms with Gasteiger partial charge in [-0.15, -0.1) is 0 Å². The summed E-state index contributed by atoms with van der Waals surface area (Å²) in [7, 11) is 3.89. The normalized spacial score (nSPS) is 25.6. The molecule has 1 aliphatic rings. The quantitative estimate of drug-likeness (QED) is 0.910. The second-order valence-corrected chi connectivity index (χ2v) is 5.58. The second-order valence-electron chi connectivity index (χ2n) is 5.22. The Balaban J connectivity index is 2.10. The summed E-state index contributed by atoms with van der Waals surface area (Å²) in [4.78, 5) is 0. The van der Waals surface area contributed by atoms with Gasteiger partial charge in [0.15, 0.2) is 0 Å². The molecule has 2 rings (SSSR count). The molecule has 0 saturated carbocycles. The topological polar surface area (TPSA) is 39.1 Å². The molecule has 1 aromatic rings. The van der Waals surface area contributed by atoms with Crippen LogP contribution in [0.25, 0.3) is 0 Å². The molecule has 0 aromatic carbocycles. The first-order valence-electron chi connectivity index (χ1n) is 6.49. The minimum absolute atomic E-state index is 0.372. The van der Waals surface area contributed by atoms with Crippen molar-refractivity contribution in [1.29, 1.82) is 0 Å². The van der Waals surface area contributed by atoms with E-state index in [0.717, 1.165) is 35.9 Å². The van der Waals surface area contributed by atoms with Crippen LogP contribution in [0.2, 0.25) is 5.15 Å². The third-order valence-corrected chi connectivity index (χ3v) is 4.34. The van der Waals surface area contributed by atoms with Gasteiger partial charge in [0.2, 0.25) is 0 Å². The predicted octanol–water partition coefficient (Wildman–Crippen LogP) is 1.94. The first kappa shape index (κ1) is 13.8. The molecule has 0 bridgehead atoms. The van der Waals surface area contributed by atoms with Crippen molar-refractivity contribution in [2.24, 2.45) is 13.0 Å². The Morgan fingerprint density at radius 1 is 1.61 bits per heavy atom. The molecule has 1 N–H and O–H groups in total. The maximum absolute atomic E-state index is 6.29. The van der Waals surface area contributed by atoms with Gasteiger partial charge in [-0.2, -0.15) is 5.10 Å². The zero-order valence-electron chi connectivity index (χ0n) is 11.5. The van der Waals surface area contributed by atoms with Gasteiger partial charge in [0, 0.05) is 24.6 Å². The van der Waals surface area contributed by atoms with E-state index in [1.807, 2.05) is 21.0 Å². The first-order valence-corrected chi connectivity index (χ1v) is 6.87. The molecule has 0 amide bonds. The lowest BCUT2D eigenvalue weighted by Crippen LogP contribution is -2.36. The standard InChI is InChI=1S/C13H22ClN3O/c1-8-5-10(7-18-8)12(15-3)6-11-9(2)16-17(4)13(11)14/h8,10,12,15H,5-7H2,1-4H3. The lowest BCUT2D eigenvalue weighted by molar-refractivity contribution is 0.117. The van der Waals surface area contributed by atoms with E-state index < -0.39 is 0 Å². The number of hydrogen-bond donors (Lipinski definition) is 1. The van der Waals surface area contributed by atoms with Crippen LogP contribution in [0.3, 0.4) is 0 Å². The van der Waals surface area contributed by atoms with Gasteiger partial charge in [-0.05, 0) is 33.7 Å². The van der Waals surface area contributed by atoms with E-state index in [0.29, 0.717) is 18.1 Å². The third kappa shape index (κ3) is 2.71. The smallest absolute Gasteiger partial charge is 0.130 e. The van der Waals surface area contributed by atoms with Gasteiger partial charge < -0.3 is 10.1 Å². The average Bonchev–Trinajstić information content (AvgIpc) is 2.84. The molecule has 4 nitrogen and oxygen atoms in total. The summed E-state index contributed by atoms with van der Waals surface area (Å²) in [6, 6.07) is 0.398. The Bertz CT molecular complexity index is 419. The van der Waals surface area contributed by atoms with Gasteiger partial charge in [0.05, 0.1) is 18.4 Å². The molecule has 3 unspecified atom stereocenters. The largest absolute Gasteiger partial charge is 0.378 e. The first-order chi connectivity index (χ1) is 8.52. The van der Waals surface area contributed by atoms with Crippen LogP contribution in [0.4, 0.5) is 0 Å². The van der Waals surface area contributed by atoms with Crippen LogP contribution in [0, 0.1) is 12.8 Å². The molecule has 18 heavy (non-hydrogen) atoms. The van der Waals surface area contributed by atoms with Crippen molar-refractivity contribution in [3.05, 3.63) is 16.4 Å². The molecule has 1 fully saturated rings. The summed E-state index contributed by atoms with van der Waals surface area (Å²) in [5.74, 6) is 0.556. The fourth-order valence-corrected chi connectivity index (χ4v) is 3.01. The summed E-state index contributed by atoms with van der Waals surface area (Å²) in [6.45, 7) is 4.99. The van der Waals surface area contributed by atoms with Crippen molar-refractivity contribution in [1.82, 2.24) is 15.1 Å². The van der Waals surface area contributed by atoms with E-state index in [2.05, 4.69) is 17.3 Å². The average molecular weight is 272 g/mol. The van der Waals surface area contributed by atoms with E-state index in [-0.39, 0.29) is 0 Å². The van der Waals surface area contributed by atoms with E-state index in [1.54, 1.807) is 4.68 Å². The molecule has 1 aliphatic heterocycles. The van der Waals surface area contributed by atoms with E-state index in [4.69, 9.17) is 16.3 Å². The molecule has 0 spiro atoms. The lowest BCUT2D eigenvalue weighted by Gasteiger charge is -2.22. The van der Waals surface area contributed by atoms with Crippen LogP contribution < -0.4 is 5.32 Å². The van der Waals surface area contributed by atoms with Gasteiger partial charge in [0.1, 0.15) is 5.15 Å². The Morgan fingerprint density at radius 3 is 2.78 bits per heavy atom. The van der Waals surface area contributed by atoms with Crippen LogP contribution in [-0.2, 0) is 18.2 Å². The van der Waals surface area contributed by atoms with E-state index >= 15 is 0 Å². The van der Waals surface area contributed by atoms with Gasteiger partial charge in [0.25, 0.3) is 0 Å². The number of aromatic nitrogens is 2. The molecule has 102 valence electrons. The third-order valence-electron chi connectivity index (χ3n) is 3.86. The van der Waals surface area contributed by atoms with Crippen molar-refractivity contribution < 1.29 is 4.74 Å². The summed E-state index contributed by atoms with van der Waals surface area (Å²) >= 11 is 6.29. The molecule has 1 saturated heterocycles. The van der Waals surface area contributed by atoms with Crippen LogP contribution in [0.5, 0.6) is 0 Å². The second kappa shape index (κ2) is 5.59. The minimum Gasteiger partial charge on any atom is -0.378 e. The highest BCUT2D eigenvalue weighted by molar-refractivity contribution is 6.30. The predicted molar refractivity (Wildman–Crippen MR) is 73.0 cm³/mol. The zero-order chi connectivity index (χ0) is 13.3. The number of halogens is 1. The fraction of sp³-hybridized carbons (Fsp3) is 0.769. The Kier molecular flexibility index (Phi) is 4.30. The van der Waals surface area contributed by atoms with Gasteiger partial charge in [-0.1, -0.05) is 11.6 Å². The van der Waals surface area contributed by atoms with Crippen LogP contribution in [-0.4, -0.2) is 35.6 Å². The summed E-state index contributed by atoms with van der Waals surface area (Å²) in [5.41, 5.74) is 2.17. The minimum atomic E-state index is 0.372. The molecular weight excluding hydrogens is 250 g/mol. The van der Waals surface area contributed by atoms with Crippen molar-refractivity contribution >= 4 is 11.6 Å². The molecule has 2 heterocycles. The van der Waals surface area contributed by atoms with E-state index in [9.17, 15) is 0 Å². The van der Waals surface area contributed by atoms with Gasteiger partial charge in [-0.25, -0.2) is 0 Å². The summed E-state index contributed by atoms with van der Waals surface area (Å²) in [6.07, 6.45) is 2.40. The molecule has 3 atom stereocenters. The number of nitrogens with zero attached hydrogens (tertiary/aromatic N) is 2. The highest BCUT2D eigenvalue weighted by Gasteiger charge is 2.30. The molecule has 0 aliphatic carbocycles. The van der Waals surface area contributed by atoms with Crippen LogP contribution in [0.15, 0.2) is 0 Å².